The van der Waals surface area contributed by atoms with Gasteiger partial charge in [0, 0.05) is 6.26 Å². The van der Waals surface area contributed by atoms with Gasteiger partial charge in [0.05, 0.1) is 0 Å². The summed E-state index contributed by atoms with van der Waals surface area (Å²) in [6, 6.07) is 0. The second kappa shape index (κ2) is 3.60. The maximum Gasteiger partial charge on any atom is 0.450 e. The van der Waals surface area contributed by atoms with E-state index in [0.717, 1.165) is 0 Å². The third-order valence-electron chi connectivity index (χ3n) is 1.17. The Morgan fingerprint density at radius 1 is 1.29 bits per heavy atom. The minimum Gasteiger partial charge on any atom is -0.503 e. The van der Waals surface area contributed by atoms with Crippen molar-refractivity contribution in [2.45, 2.75) is 13.1 Å². The normalized spacial score (nSPS) is 14.9. The van der Waals surface area contributed by atoms with Crippen molar-refractivity contribution in [3.63, 3.8) is 0 Å². The molecule has 0 saturated carbocycles. The molecule has 0 aromatic rings. The summed E-state index contributed by atoms with van der Waals surface area (Å²) in [5, 5.41) is 8.51. The number of alkyl halides is 3. The first-order chi connectivity index (χ1) is 5.98. The highest BCUT2D eigenvalue weighted by Gasteiger charge is 2.40. The first-order valence-corrected chi connectivity index (χ1v) is 5.08. The first kappa shape index (κ1) is 12.9. The van der Waals surface area contributed by atoms with Crippen LogP contribution in [0.4, 0.5) is 13.2 Å². The molecule has 0 atom stereocenters. The lowest BCUT2D eigenvalue weighted by Gasteiger charge is -2.08. The van der Waals surface area contributed by atoms with Gasteiger partial charge in [0.1, 0.15) is 0 Å². The molecule has 0 aliphatic rings. The molecule has 4 nitrogen and oxygen atoms in total. The molecule has 0 aliphatic heterocycles. The first-order valence-electron chi connectivity index (χ1n) is 3.19. The summed E-state index contributed by atoms with van der Waals surface area (Å²) in [5.74, 6) is -3.74. The van der Waals surface area contributed by atoms with Crippen LogP contribution < -0.4 is 0 Å². The van der Waals surface area contributed by atoms with E-state index in [1.165, 1.54) is 0 Å². The van der Waals surface area contributed by atoms with Crippen molar-refractivity contribution >= 4 is 15.6 Å². The molecule has 1 N–H and O–H groups in total. The quantitative estimate of drug-likeness (QED) is 0.568. The van der Waals surface area contributed by atoms with Crippen LogP contribution in [0.5, 0.6) is 0 Å². The van der Waals surface area contributed by atoms with E-state index >= 15 is 0 Å². The summed E-state index contributed by atoms with van der Waals surface area (Å²) in [4.78, 5) is 8.96. The lowest BCUT2D eigenvalue weighted by Crippen LogP contribution is -2.21. The lowest BCUT2D eigenvalue weighted by molar-refractivity contribution is -0.125. The van der Waals surface area contributed by atoms with Crippen LogP contribution in [0, 0.1) is 0 Å². The lowest BCUT2D eigenvalue weighted by atomic mass is 10.3. The molecule has 0 aromatic heterocycles. The second-order valence-electron chi connectivity index (χ2n) is 2.50. The average molecular weight is 232 g/mol. The fraction of sp³-hybridized carbons (Fsp3) is 0.500. The van der Waals surface area contributed by atoms with Crippen LogP contribution in [0.3, 0.4) is 0 Å². The van der Waals surface area contributed by atoms with Gasteiger partial charge < -0.3 is 5.11 Å². The smallest absolute Gasteiger partial charge is 0.450 e. The molecule has 0 rings (SSSR count). The fourth-order valence-corrected chi connectivity index (χ4v) is 1.72. The number of sulfone groups is 1. The van der Waals surface area contributed by atoms with E-state index in [9.17, 15) is 26.4 Å². The highest BCUT2D eigenvalue weighted by molar-refractivity contribution is 7.95. The van der Waals surface area contributed by atoms with E-state index < -0.39 is 32.5 Å². The van der Waals surface area contributed by atoms with Crippen LogP contribution in [0.1, 0.15) is 6.92 Å². The maximum absolute atomic E-state index is 11.9. The van der Waals surface area contributed by atoms with Gasteiger partial charge in [0.2, 0.25) is 5.76 Å². The monoisotopic (exact) mass is 232 g/mol. The summed E-state index contributed by atoms with van der Waals surface area (Å²) >= 11 is 0. The van der Waals surface area contributed by atoms with Gasteiger partial charge in [0.15, 0.2) is 20.5 Å². The van der Waals surface area contributed by atoms with Crippen LogP contribution in [-0.4, -0.2) is 31.7 Å². The van der Waals surface area contributed by atoms with E-state index in [2.05, 4.69) is 0 Å². The van der Waals surface area contributed by atoms with E-state index in [0.29, 0.717) is 13.2 Å². The summed E-state index contributed by atoms with van der Waals surface area (Å²) in [6.45, 7) is 0.623. The Morgan fingerprint density at radius 3 is 1.71 bits per heavy atom. The highest BCUT2D eigenvalue weighted by Crippen LogP contribution is 2.28. The molecule has 0 saturated heterocycles. The number of hydrogen-bond acceptors (Lipinski definition) is 4. The Bertz CT molecular complexity index is 376. The van der Waals surface area contributed by atoms with Gasteiger partial charge in [-0.3, -0.25) is 4.79 Å². The zero-order valence-corrected chi connectivity index (χ0v) is 8.03. The Morgan fingerprint density at radius 2 is 1.64 bits per heavy atom. The predicted molar refractivity (Wildman–Crippen MR) is 41.2 cm³/mol. The van der Waals surface area contributed by atoms with Crippen LogP contribution >= 0.6 is 0 Å². The number of carbonyl (C=O) groups excluding carboxylic acids is 1. The van der Waals surface area contributed by atoms with Gasteiger partial charge in [-0.25, -0.2) is 8.42 Å². The van der Waals surface area contributed by atoms with E-state index in [4.69, 9.17) is 5.11 Å². The number of carbonyl (C=O) groups is 1. The van der Waals surface area contributed by atoms with Crippen molar-refractivity contribution < 1.29 is 31.5 Å². The maximum atomic E-state index is 11.9. The van der Waals surface area contributed by atoms with Crippen molar-refractivity contribution in [1.29, 1.82) is 0 Å². The molecule has 14 heavy (non-hydrogen) atoms. The van der Waals surface area contributed by atoms with Crippen LogP contribution in [0.2, 0.25) is 0 Å². The molecule has 8 heteroatoms. The van der Waals surface area contributed by atoms with Crippen LogP contribution in [-0.2, 0) is 14.6 Å². The van der Waals surface area contributed by atoms with Crippen molar-refractivity contribution in [2.24, 2.45) is 0 Å². The molecule has 0 fully saturated rings. The molecular formula is C6H7F3O4S. The molecule has 0 heterocycles. The molecule has 0 bridgehead atoms. The number of aliphatic hydroxyl groups is 1. The Hall–Kier alpha value is -1.05. The number of Topliss-reactive ketones (excluding diaryl/α,β-unsaturated/α-hetero) is 1. The minimum absolute atomic E-state index is 0.408. The predicted octanol–water partition coefficient (Wildman–Crippen LogP) is 0.952. The summed E-state index contributed by atoms with van der Waals surface area (Å²) < 4.78 is 57.0. The zero-order chi connectivity index (χ0) is 11.7. The second-order valence-corrected chi connectivity index (χ2v) is 4.46. The number of allylic oxidation sites excluding steroid dienone is 2. The number of halogens is 3. The highest BCUT2D eigenvalue weighted by atomic mass is 32.2. The molecule has 0 unspecified atom stereocenters. The Kier molecular flexibility index (Phi) is 3.33. The van der Waals surface area contributed by atoms with Gasteiger partial charge in [-0.2, -0.15) is 13.2 Å². The molecule has 0 amide bonds. The van der Waals surface area contributed by atoms with Gasteiger partial charge in [-0.15, -0.1) is 0 Å². The Balaban J connectivity index is 5.79. The fourth-order valence-electron chi connectivity index (χ4n) is 0.732. The van der Waals surface area contributed by atoms with Gasteiger partial charge in [-0.1, -0.05) is 0 Å². The molecule has 0 spiro atoms. The van der Waals surface area contributed by atoms with Crippen molar-refractivity contribution in [2.75, 3.05) is 6.26 Å². The standard InChI is InChI=1S/C6H7F3O4S/c1-3(10)4(14(2,12)13)5(11)6(7,8)9/h11H,1-2H3. The number of aliphatic hydroxyl groups excluding tert-OH is 1. The van der Waals surface area contributed by atoms with E-state index in [-0.39, 0.29) is 0 Å². The number of ketones is 1. The molecule has 0 aromatic carbocycles. The average Bonchev–Trinajstić information content (AvgIpc) is 1.79. The minimum atomic E-state index is -5.25. The zero-order valence-electron chi connectivity index (χ0n) is 7.21. The van der Waals surface area contributed by atoms with E-state index in [1.54, 1.807) is 0 Å². The van der Waals surface area contributed by atoms with Crippen LogP contribution in [0.15, 0.2) is 10.7 Å². The van der Waals surface area contributed by atoms with Gasteiger partial charge in [-0.05, 0) is 6.92 Å². The van der Waals surface area contributed by atoms with Crippen molar-refractivity contribution in [1.82, 2.24) is 0 Å². The SMILES string of the molecule is CC(=O)C(=C(O)C(F)(F)F)S(C)(=O)=O. The third-order valence-corrected chi connectivity index (χ3v) is 2.40. The number of rotatable bonds is 2. The van der Waals surface area contributed by atoms with E-state index in [1.807, 2.05) is 0 Å². The van der Waals surface area contributed by atoms with Gasteiger partial charge >= 0.3 is 6.18 Å². The Labute approximate surface area is 78.0 Å². The molecule has 82 valence electrons. The molecular weight excluding hydrogens is 225 g/mol. The van der Waals surface area contributed by atoms with Gasteiger partial charge in [0.25, 0.3) is 0 Å². The summed E-state index contributed by atoms with van der Waals surface area (Å²) in [7, 11) is -4.39. The van der Waals surface area contributed by atoms with Crippen molar-refractivity contribution in [3.05, 3.63) is 10.7 Å². The van der Waals surface area contributed by atoms with Crippen molar-refractivity contribution in [3.8, 4) is 0 Å². The summed E-state index contributed by atoms with van der Waals surface area (Å²) in [5.41, 5.74) is 0. The number of hydrogen-bond donors (Lipinski definition) is 1. The molecule has 0 aliphatic carbocycles. The largest absolute Gasteiger partial charge is 0.503 e. The van der Waals surface area contributed by atoms with Crippen LogP contribution in [0.25, 0.3) is 0 Å². The summed E-state index contributed by atoms with van der Waals surface area (Å²) in [6.07, 6.45) is -4.84. The topological polar surface area (TPSA) is 71.4 Å². The molecule has 0 radical (unpaired) electrons. The third kappa shape index (κ3) is 3.02.